The van der Waals surface area contributed by atoms with Crippen molar-refractivity contribution < 1.29 is 33.3 Å². The molecule has 0 fully saturated rings. The Hall–Kier alpha value is -3.55. The molecule has 8 nitrogen and oxygen atoms in total. The first kappa shape index (κ1) is 20.8. The van der Waals surface area contributed by atoms with Crippen LogP contribution in [0.25, 0.3) is 0 Å². The lowest BCUT2D eigenvalue weighted by molar-refractivity contribution is -0.141. The number of ether oxygens (including phenoxy) is 4. The molecular weight excluding hydrogens is 366 g/mol. The third-order valence-corrected chi connectivity index (χ3v) is 3.78. The Bertz CT molecular complexity index is 824. The Kier molecular flexibility index (Phi) is 7.38. The van der Waals surface area contributed by atoms with Gasteiger partial charge in [-0.15, -0.1) is 0 Å². The summed E-state index contributed by atoms with van der Waals surface area (Å²) in [6, 6.07) is 11.4. The van der Waals surface area contributed by atoms with E-state index in [9.17, 15) is 14.4 Å². The van der Waals surface area contributed by atoms with Gasteiger partial charge in [0.25, 0.3) is 5.91 Å². The molecule has 0 aromatic heterocycles. The van der Waals surface area contributed by atoms with Gasteiger partial charge < -0.3 is 24.3 Å². The zero-order chi connectivity index (χ0) is 20.5. The Morgan fingerprint density at radius 2 is 1.46 bits per heavy atom. The minimum atomic E-state index is -0.731. The summed E-state index contributed by atoms with van der Waals surface area (Å²) in [6.07, 6.45) is 0. The average molecular weight is 387 g/mol. The zero-order valence-corrected chi connectivity index (χ0v) is 15.8. The molecule has 0 bridgehead atoms. The average Bonchev–Trinajstić information content (AvgIpc) is 2.74. The van der Waals surface area contributed by atoms with E-state index in [1.165, 1.54) is 33.5 Å². The number of hydrogen-bond acceptors (Lipinski definition) is 7. The van der Waals surface area contributed by atoms with E-state index in [-0.39, 0.29) is 11.3 Å². The summed E-state index contributed by atoms with van der Waals surface area (Å²) in [5.41, 5.74) is 0.652. The molecule has 0 unspecified atom stereocenters. The van der Waals surface area contributed by atoms with Crippen molar-refractivity contribution in [3.8, 4) is 17.2 Å². The van der Waals surface area contributed by atoms with Gasteiger partial charge in [0, 0.05) is 11.1 Å². The number of carbonyl (C=O) groups excluding carboxylic acids is 3. The quantitative estimate of drug-likeness (QED) is 0.518. The maximum Gasteiger partial charge on any atom is 0.325 e. The number of esters is 1. The van der Waals surface area contributed by atoms with Crippen LogP contribution in [0.5, 0.6) is 17.2 Å². The molecule has 0 atom stereocenters. The molecule has 28 heavy (non-hydrogen) atoms. The molecule has 0 spiro atoms. The second-order valence-electron chi connectivity index (χ2n) is 5.55. The van der Waals surface area contributed by atoms with Gasteiger partial charge in [-0.1, -0.05) is 30.3 Å². The van der Waals surface area contributed by atoms with Gasteiger partial charge in [0.2, 0.25) is 5.75 Å². The molecule has 148 valence electrons. The number of Topliss-reactive ketones (excluding diaryl/α,β-unsaturated/α-hetero) is 1. The molecular formula is C20H21NO7. The van der Waals surface area contributed by atoms with Gasteiger partial charge in [0.1, 0.15) is 6.54 Å². The molecule has 2 aromatic rings. The fourth-order valence-electron chi connectivity index (χ4n) is 2.37. The minimum absolute atomic E-state index is 0.211. The highest BCUT2D eigenvalue weighted by atomic mass is 16.5. The lowest BCUT2D eigenvalue weighted by Crippen LogP contribution is -2.31. The number of hydrogen-bond donors (Lipinski definition) is 1. The van der Waals surface area contributed by atoms with Crippen LogP contribution in [0, 0.1) is 0 Å². The Labute approximate surface area is 162 Å². The van der Waals surface area contributed by atoms with E-state index in [0.29, 0.717) is 22.8 Å². The van der Waals surface area contributed by atoms with E-state index in [1.807, 2.05) is 0 Å². The van der Waals surface area contributed by atoms with E-state index < -0.39 is 25.0 Å². The number of ketones is 1. The van der Waals surface area contributed by atoms with Crippen molar-refractivity contribution in [2.75, 3.05) is 34.5 Å². The van der Waals surface area contributed by atoms with Gasteiger partial charge >= 0.3 is 5.97 Å². The van der Waals surface area contributed by atoms with Gasteiger partial charge in [-0.25, -0.2) is 0 Å². The van der Waals surface area contributed by atoms with E-state index in [0.717, 1.165) is 0 Å². The van der Waals surface area contributed by atoms with Crippen LogP contribution >= 0.6 is 0 Å². The second-order valence-corrected chi connectivity index (χ2v) is 5.55. The van der Waals surface area contributed by atoms with E-state index in [1.54, 1.807) is 30.3 Å². The SMILES string of the molecule is COc1cc(C(=O)NCC(=O)OCC(=O)c2ccccc2)cc(OC)c1OC. The minimum Gasteiger partial charge on any atom is -0.493 e. The highest BCUT2D eigenvalue weighted by Gasteiger charge is 2.18. The number of rotatable bonds is 9. The summed E-state index contributed by atoms with van der Waals surface area (Å²) < 4.78 is 20.5. The monoisotopic (exact) mass is 387 g/mol. The maximum absolute atomic E-state index is 12.3. The molecule has 0 saturated carbocycles. The van der Waals surface area contributed by atoms with Crippen molar-refractivity contribution in [2.24, 2.45) is 0 Å². The van der Waals surface area contributed by atoms with Crippen LogP contribution in [0.3, 0.4) is 0 Å². The van der Waals surface area contributed by atoms with Gasteiger partial charge in [-0.05, 0) is 12.1 Å². The maximum atomic E-state index is 12.3. The van der Waals surface area contributed by atoms with Gasteiger partial charge in [0.15, 0.2) is 23.9 Å². The van der Waals surface area contributed by atoms with Gasteiger partial charge in [-0.2, -0.15) is 0 Å². The predicted molar refractivity (Wildman–Crippen MR) is 100 cm³/mol. The molecule has 2 rings (SSSR count). The van der Waals surface area contributed by atoms with Gasteiger partial charge in [0.05, 0.1) is 21.3 Å². The van der Waals surface area contributed by atoms with Crippen LogP contribution in [0.1, 0.15) is 20.7 Å². The third-order valence-electron chi connectivity index (χ3n) is 3.78. The highest BCUT2D eigenvalue weighted by Crippen LogP contribution is 2.38. The van der Waals surface area contributed by atoms with Crippen molar-refractivity contribution in [3.05, 3.63) is 53.6 Å². The number of amides is 1. The largest absolute Gasteiger partial charge is 0.493 e. The standard InChI is InChI=1S/C20H21NO7/c1-25-16-9-14(10-17(26-2)19(16)27-3)20(24)21-11-18(23)28-12-15(22)13-7-5-4-6-8-13/h4-10H,11-12H2,1-3H3,(H,21,24). The second kappa shape index (κ2) is 9.96. The van der Waals surface area contributed by atoms with E-state index >= 15 is 0 Å². The normalized spacial score (nSPS) is 9.96. The predicted octanol–water partition coefficient (Wildman–Crippen LogP) is 1.87. The first-order valence-electron chi connectivity index (χ1n) is 8.32. The Balaban J connectivity index is 1.92. The van der Waals surface area contributed by atoms with Crippen LogP contribution in [-0.2, 0) is 9.53 Å². The molecule has 1 amide bonds. The van der Waals surface area contributed by atoms with E-state index in [2.05, 4.69) is 5.32 Å². The Morgan fingerprint density at radius 1 is 0.857 bits per heavy atom. The molecule has 0 aliphatic heterocycles. The molecule has 0 radical (unpaired) electrons. The fourth-order valence-corrected chi connectivity index (χ4v) is 2.37. The molecule has 1 N–H and O–H groups in total. The van der Waals surface area contributed by atoms with Crippen molar-refractivity contribution >= 4 is 17.7 Å². The fraction of sp³-hybridized carbons (Fsp3) is 0.250. The van der Waals surface area contributed by atoms with Crippen molar-refractivity contribution in [2.45, 2.75) is 0 Å². The van der Waals surface area contributed by atoms with E-state index in [4.69, 9.17) is 18.9 Å². The van der Waals surface area contributed by atoms with Crippen LogP contribution in [0.2, 0.25) is 0 Å². The third kappa shape index (κ3) is 5.23. The van der Waals surface area contributed by atoms with Crippen molar-refractivity contribution in [3.63, 3.8) is 0 Å². The summed E-state index contributed by atoms with van der Waals surface area (Å²) >= 11 is 0. The lowest BCUT2D eigenvalue weighted by Gasteiger charge is -2.14. The van der Waals surface area contributed by atoms with Crippen LogP contribution in [0.15, 0.2) is 42.5 Å². The molecule has 8 heteroatoms. The topological polar surface area (TPSA) is 100 Å². The van der Waals surface area contributed by atoms with Crippen molar-refractivity contribution in [1.82, 2.24) is 5.32 Å². The summed E-state index contributed by atoms with van der Waals surface area (Å²) in [5.74, 6) is -0.632. The van der Waals surface area contributed by atoms with Crippen LogP contribution in [0.4, 0.5) is 0 Å². The first-order valence-corrected chi connectivity index (χ1v) is 8.32. The molecule has 0 aliphatic rings. The van der Waals surface area contributed by atoms with Crippen molar-refractivity contribution in [1.29, 1.82) is 0 Å². The summed E-state index contributed by atoms with van der Waals surface area (Å²) in [7, 11) is 4.31. The zero-order valence-electron chi connectivity index (χ0n) is 15.8. The first-order chi connectivity index (χ1) is 13.5. The number of methoxy groups -OCH3 is 3. The Morgan fingerprint density at radius 3 is 2.00 bits per heavy atom. The van der Waals surface area contributed by atoms with Gasteiger partial charge in [-0.3, -0.25) is 14.4 Å². The molecule has 0 saturated heterocycles. The number of benzene rings is 2. The van der Waals surface area contributed by atoms with Crippen LogP contribution in [-0.4, -0.2) is 52.1 Å². The summed E-state index contributed by atoms with van der Waals surface area (Å²) in [4.78, 5) is 36.0. The number of nitrogens with one attached hydrogen (secondary N) is 1. The molecule has 2 aromatic carbocycles. The lowest BCUT2D eigenvalue weighted by atomic mass is 10.1. The molecule has 0 aliphatic carbocycles. The molecule has 0 heterocycles. The number of carbonyl (C=O) groups is 3. The summed E-state index contributed by atoms with van der Waals surface area (Å²) in [5, 5.41) is 2.43. The van der Waals surface area contributed by atoms with Crippen LogP contribution < -0.4 is 19.5 Å². The smallest absolute Gasteiger partial charge is 0.325 e. The summed E-state index contributed by atoms with van der Waals surface area (Å²) in [6.45, 7) is -0.791. The highest BCUT2D eigenvalue weighted by molar-refractivity contribution is 5.99.